The molecule has 1 saturated heterocycles. The Labute approximate surface area is 147 Å². The van der Waals surface area contributed by atoms with Gasteiger partial charge in [0.2, 0.25) is 0 Å². The molecule has 24 heavy (non-hydrogen) atoms. The van der Waals surface area contributed by atoms with E-state index in [1.54, 1.807) is 11.3 Å². The summed E-state index contributed by atoms with van der Waals surface area (Å²) in [4.78, 5) is 12.6. The summed E-state index contributed by atoms with van der Waals surface area (Å²) in [5, 5.41) is 13.1. The Morgan fingerprint density at radius 1 is 1.33 bits per heavy atom. The molecule has 1 saturated carbocycles. The maximum absolute atomic E-state index is 11.0. The van der Waals surface area contributed by atoms with E-state index in [4.69, 9.17) is 0 Å². The summed E-state index contributed by atoms with van der Waals surface area (Å²) in [5.41, 5.74) is 0.713. The normalized spacial score (nSPS) is 28.7. The molecule has 0 radical (unpaired) electrons. The fourth-order valence-corrected chi connectivity index (χ4v) is 4.78. The molecule has 5 heteroatoms. The number of thiophene rings is 1. The van der Waals surface area contributed by atoms with Gasteiger partial charge in [0.05, 0.1) is 10.5 Å². The second-order valence-corrected chi connectivity index (χ2v) is 8.35. The number of nitrogens with zero attached hydrogens (tertiary/aromatic N) is 3. The van der Waals surface area contributed by atoms with E-state index in [2.05, 4.69) is 21.8 Å². The Morgan fingerprint density at radius 2 is 2.12 bits per heavy atom. The van der Waals surface area contributed by atoms with Crippen molar-refractivity contribution >= 4 is 11.3 Å². The average Bonchev–Trinajstić information content (AvgIpc) is 3.05. The van der Waals surface area contributed by atoms with E-state index in [1.807, 2.05) is 29.9 Å². The SMILES string of the molecule is C[C@@H]1CN(Cc2cnc(-c3cccs3)nc2)CC[C@@]1(O)C1CCC1. The highest BCUT2D eigenvalue weighted by molar-refractivity contribution is 7.13. The third kappa shape index (κ3) is 3.01. The predicted molar refractivity (Wildman–Crippen MR) is 96.7 cm³/mol. The van der Waals surface area contributed by atoms with Crippen molar-refractivity contribution in [2.75, 3.05) is 13.1 Å². The molecule has 2 aliphatic rings. The van der Waals surface area contributed by atoms with Gasteiger partial charge in [-0.2, -0.15) is 0 Å². The maximum atomic E-state index is 11.0. The molecule has 2 atom stereocenters. The number of piperidine rings is 1. The monoisotopic (exact) mass is 343 g/mol. The molecule has 2 aromatic rings. The molecule has 4 rings (SSSR count). The van der Waals surface area contributed by atoms with Gasteiger partial charge in [-0.15, -0.1) is 11.3 Å². The predicted octanol–water partition coefficient (Wildman–Crippen LogP) is 3.58. The quantitative estimate of drug-likeness (QED) is 0.922. The number of rotatable bonds is 4. The molecular formula is C19H25N3OS. The Morgan fingerprint density at radius 3 is 2.71 bits per heavy atom. The Hall–Kier alpha value is -1.30. The van der Waals surface area contributed by atoms with Gasteiger partial charge in [0, 0.05) is 37.6 Å². The minimum absolute atomic E-state index is 0.336. The largest absolute Gasteiger partial charge is 0.389 e. The summed E-state index contributed by atoms with van der Waals surface area (Å²) >= 11 is 1.66. The van der Waals surface area contributed by atoms with Gasteiger partial charge in [0.25, 0.3) is 0 Å². The van der Waals surface area contributed by atoms with E-state index < -0.39 is 5.60 Å². The zero-order valence-corrected chi connectivity index (χ0v) is 15.0. The van der Waals surface area contributed by atoms with E-state index in [0.717, 1.165) is 42.3 Å². The molecule has 128 valence electrons. The molecule has 4 nitrogen and oxygen atoms in total. The first-order valence-electron chi connectivity index (χ1n) is 8.94. The van der Waals surface area contributed by atoms with Gasteiger partial charge >= 0.3 is 0 Å². The van der Waals surface area contributed by atoms with Crippen LogP contribution in [0.3, 0.4) is 0 Å². The molecule has 2 fully saturated rings. The van der Waals surface area contributed by atoms with E-state index >= 15 is 0 Å². The number of aromatic nitrogens is 2. The van der Waals surface area contributed by atoms with Crippen molar-refractivity contribution in [2.24, 2.45) is 11.8 Å². The molecule has 0 amide bonds. The molecule has 0 spiro atoms. The van der Waals surface area contributed by atoms with Crippen LogP contribution >= 0.6 is 11.3 Å². The van der Waals surface area contributed by atoms with Gasteiger partial charge in [0.15, 0.2) is 5.82 Å². The van der Waals surface area contributed by atoms with Crippen LogP contribution in [0.15, 0.2) is 29.9 Å². The Kier molecular flexibility index (Phi) is 4.41. The molecule has 0 aromatic carbocycles. The minimum atomic E-state index is -0.436. The van der Waals surface area contributed by atoms with E-state index in [-0.39, 0.29) is 0 Å². The highest BCUT2D eigenvalue weighted by atomic mass is 32.1. The van der Waals surface area contributed by atoms with Crippen LogP contribution in [-0.4, -0.2) is 38.7 Å². The smallest absolute Gasteiger partial charge is 0.169 e. The van der Waals surface area contributed by atoms with Gasteiger partial charge in [-0.3, -0.25) is 4.90 Å². The van der Waals surface area contributed by atoms with Gasteiger partial charge in [-0.05, 0) is 42.5 Å². The second kappa shape index (κ2) is 6.54. The number of hydrogen-bond acceptors (Lipinski definition) is 5. The molecule has 0 unspecified atom stereocenters. The Balaban J connectivity index is 1.38. The van der Waals surface area contributed by atoms with Crippen molar-refractivity contribution in [3.8, 4) is 10.7 Å². The fourth-order valence-electron chi connectivity index (χ4n) is 4.11. The lowest BCUT2D eigenvalue weighted by molar-refractivity contribution is -0.128. The third-order valence-electron chi connectivity index (χ3n) is 5.88. The molecular weight excluding hydrogens is 318 g/mol. The lowest BCUT2D eigenvalue weighted by atomic mass is 9.65. The molecule has 0 bridgehead atoms. The zero-order valence-electron chi connectivity index (χ0n) is 14.2. The fraction of sp³-hybridized carbons (Fsp3) is 0.579. The lowest BCUT2D eigenvalue weighted by Gasteiger charge is -2.50. The average molecular weight is 343 g/mol. The van der Waals surface area contributed by atoms with Crippen LogP contribution in [0.4, 0.5) is 0 Å². The van der Waals surface area contributed by atoms with Gasteiger partial charge in [-0.1, -0.05) is 19.4 Å². The first-order valence-corrected chi connectivity index (χ1v) is 9.82. The zero-order chi connectivity index (χ0) is 16.6. The van der Waals surface area contributed by atoms with Crippen molar-refractivity contribution in [2.45, 2.75) is 44.8 Å². The third-order valence-corrected chi connectivity index (χ3v) is 6.74. The summed E-state index contributed by atoms with van der Waals surface area (Å²) in [6.45, 7) is 5.00. The minimum Gasteiger partial charge on any atom is -0.389 e. The van der Waals surface area contributed by atoms with Crippen LogP contribution in [0.2, 0.25) is 0 Å². The summed E-state index contributed by atoms with van der Waals surface area (Å²) in [7, 11) is 0. The summed E-state index contributed by atoms with van der Waals surface area (Å²) in [5.74, 6) is 1.67. The molecule has 1 aliphatic carbocycles. The van der Waals surface area contributed by atoms with Crippen molar-refractivity contribution in [1.29, 1.82) is 0 Å². The highest BCUT2D eigenvalue weighted by Crippen LogP contribution is 2.44. The number of likely N-dealkylation sites (tertiary alicyclic amines) is 1. The maximum Gasteiger partial charge on any atom is 0.169 e. The number of aliphatic hydroxyl groups is 1. The summed E-state index contributed by atoms with van der Waals surface area (Å²) in [6.07, 6.45) is 8.49. The first kappa shape index (κ1) is 16.2. The van der Waals surface area contributed by atoms with Crippen molar-refractivity contribution in [1.82, 2.24) is 14.9 Å². The van der Waals surface area contributed by atoms with E-state index in [0.29, 0.717) is 11.8 Å². The molecule has 1 N–H and O–H groups in total. The van der Waals surface area contributed by atoms with Crippen LogP contribution in [0.5, 0.6) is 0 Å². The van der Waals surface area contributed by atoms with E-state index in [1.165, 1.54) is 19.3 Å². The summed E-state index contributed by atoms with van der Waals surface area (Å²) < 4.78 is 0. The second-order valence-electron chi connectivity index (χ2n) is 7.40. The van der Waals surface area contributed by atoms with E-state index in [9.17, 15) is 5.11 Å². The standard InChI is InChI=1S/C19H25N3OS/c1-14-12-22(8-7-19(14,23)16-4-2-5-16)13-15-10-20-18(21-11-15)17-6-3-9-24-17/h3,6,9-11,14,16,23H,2,4-5,7-8,12-13H2,1H3/t14-,19+/m1/s1. The molecule has 2 aromatic heterocycles. The van der Waals surface area contributed by atoms with Crippen molar-refractivity contribution in [3.05, 3.63) is 35.5 Å². The van der Waals surface area contributed by atoms with Gasteiger partial charge in [0.1, 0.15) is 0 Å². The molecule has 3 heterocycles. The highest BCUT2D eigenvalue weighted by Gasteiger charge is 2.46. The number of hydrogen-bond donors (Lipinski definition) is 1. The van der Waals surface area contributed by atoms with Crippen molar-refractivity contribution in [3.63, 3.8) is 0 Å². The van der Waals surface area contributed by atoms with Crippen LogP contribution < -0.4 is 0 Å². The van der Waals surface area contributed by atoms with Crippen molar-refractivity contribution < 1.29 is 5.11 Å². The first-order chi connectivity index (χ1) is 11.6. The van der Waals surface area contributed by atoms with Crippen LogP contribution in [0.1, 0.15) is 38.2 Å². The van der Waals surface area contributed by atoms with Crippen LogP contribution in [0, 0.1) is 11.8 Å². The Bertz CT molecular complexity index is 668. The lowest BCUT2D eigenvalue weighted by Crippen LogP contribution is -2.56. The molecule has 1 aliphatic heterocycles. The van der Waals surface area contributed by atoms with Gasteiger partial charge < -0.3 is 5.11 Å². The summed E-state index contributed by atoms with van der Waals surface area (Å²) in [6, 6.07) is 4.07. The van der Waals surface area contributed by atoms with Crippen LogP contribution in [-0.2, 0) is 6.54 Å². The van der Waals surface area contributed by atoms with Gasteiger partial charge in [-0.25, -0.2) is 9.97 Å². The van der Waals surface area contributed by atoms with Crippen LogP contribution in [0.25, 0.3) is 10.7 Å². The topological polar surface area (TPSA) is 49.2 Å².